The zero-order valence-electron chi connectivity index (χ0n) is 11.6. The topological polar surface area (TPSA) is 77.3 Å². The van der Waals surface area contributed by atoms with Gasteiger partial charge in [0, 0.05) is 24.4 Å². The Morgan fingerprint density at radius 1 is 1.43 bits per heavy atom. The summed E-state index contributed by atoms with van der Waals surface area (Å²) in [6.07, 6.45) is 1.61. The molecule has 0 bridgehead atoms. The number of nitro groups is 1. The summed E-state index contributed by atoms with van der Waals surface area (Å²) in [4.78, 5) is 14.2. The molecule has 2 aromatic rings. The third-order valence-electron chi connectivity index (χ3n) is 2.92. The first kappa shape index (κ1) is 14.7. The minimum Gasteiger partial charge on any atom is -0.486 e. The lowest BCUT2D eigenvalue weighted by Crippen LogP contribution is -2.01. The number of nitrogens with zero attached hydrogens (tertiary/aromatic N) is 2. The summed E-state index contributed by atoms with van der Waals surface area (Å²) >= 11 is 0. The fraction of sp³-hybridized carbons (Fsp3) is 0.214. The van der Waals surface area contributed by atoms with Crippen LogP contribution >= 0.6 is 0 Å². The molecule has 1 aromatic carbocycles. The van der Waals surface area contributed by atoms with Crippen LogP contribution in [0, 0.1) is 22.9 Å². The quantitative estimate of drug-likeness (QED) is 0.676. The van der Waals surface area contributed by atoms with Gasteiger partial charge in [0.1, 0.15) is 12.4 Å². The SMILES string of the molecule is CNc1ccc(COc2cc(C)c([N+](=O)[O-])cc2F)cn1. The fourth-order valence-electron chi connectivity index (χ4n) is 1.77. The molecule has 0 aliphatic rings. The molecule has 1 aromatic heterocycles. The summed E-state index contributed by atoms with van der Waals surface area (Å²) in [7, 11) is 1.76. The van der Waals surface area contributed by atoms with Crippen molar-refractivity contribution in [2.45, 2.75) is 13.5 Å². The highest BCUT2D eigenvalue weighted by Crippen LogP contribution is 2.27. The average Bonchev–Trinajstić information content (AvgIpc) is 2.48. The van der Waals surface area contributed by atoms with Gasteiger partial charge in [-0.2, -0.15) is 0 Å². The standard InChI is InChI=1S/C14H14FN3O3/c1-9-5-13(11(15)6-12(9)18(19)20)21-8-10-3-4-14(16-2)17-7-10/h3-7H,8H2,1-2H3,(H,16,17). The van der Waals surface area contributed by atoms with Gasteiger partial charge in [0.05, 0.1) is 11.0 Å². The van der Waals surface area contributed by atoms with Crippen LogP contribution in [0.2, 0.25) is 0 Å². The number of nitrogens with one attached hydrogen (secondary N) is 1. The highest BCUT2D eigenvalue weighted by Gasteiger charge is 2.16. The maximum absolute atomic E-state index is 13.8. The molecule has 0 radical (unpaired) electrons. The van der Waals surface area contributed by atoms with Gasteiger partial charge >= 0.3 is 0 Å². The van der Waals surface area contributed by atoms with Gasteiger partial charge in [0.25, 0.3) is 5.69 Å². The van der Waals surface area contributed by atoms with E-state index in [1.807, 2.05) is 0 Å². The number of nitro benzene ring substituents is 1. The lowest BCUT2D eigenvalue weighted by Gasteiger charge is -2.09. The minimum absolute atomic E-state index is 0.0178. The number of hydrogen-bond donors (Lipinski definition) is 1. The van der Waals surface area contributed by atoms with E-state index >= 15 is 0 Å². The lowest BCUT2D eigenvalue weighted by molar-refractivity contribution is -0.385. The smallest absolute Gasteiger partial charge is 0.275 e. The van der Waals surface area contributed by atoms with Crippen LogP contribution in [0.4, 0.5) is 15.9 Å². The van der Waals surface area contributed by atoms with Crippen LogP contribution in [-0.4, -0.2) is 17.0 Å². The predicted octanol–water partition coefficient (Wildman–Crippen LogP) is 3.06. The molecule has 0 atom stereocenters. The molecule has 0 saturated heterocycles. The molecule has 7 heteroatoms. The van der Waals surface area contributed by atoms with Crippen LogP contribution in [0.1, 0.15) is 11.1 Å². The third-order valence-corrected chi connectivity index (χ3v) is 2.92. The maximum atomic E-state index is 13.8. The van der Waals surface area contributed by atoms with Crippen molar-refractivity contribution >= 4 is 11.5 Å². The lowest BCUT2D eigenvalue weighted by atomic mass is 10.2. The first-order valence-electron chi connectivity index (χ1n) is 6.21. The summed E-state index contributed by atoms with van der Waals surface area (Å²) < 4.78 is 19.1. The zero-order valence-corrected chi connectivity index (χ0v) is 11.6. The molecule has 110 valence electrons. The van der Waals surface area contributed by atoms with Crippen LogP contribution < -0.4 is 10.1 Å². The molecule has 0 unspecified atom stereocenters. The largest absolute Gasteiger partial charge is 0.486 e. The summed E-state index contributed by atoms with van der Waals surface area (Å²) in [5.41, 5.74) is 0.851. The molecule has 6 nitrogen and oxygen atoms in total. The van der Waals surface area contributed by atoms with Crippen LogP contribution in [0.25, 0.3) is 0 Å². The second kappa shape index (κ2) is 6.17. The van der Waals surface area contributed by atoms with Crippen molar-refractivity contribution in [1.29, 1.82) is 0 Å². The average molecular weight is 291 g/mol. The summed E-state index contributed by atoms with van der Waals surface area (Å²) in [5, 5.41) is 13.6. The van der Waals surface area contributed by atoms with E-state index in [1.165, 1.54) is 13.0 Å². The number of ether oxygens (including phenoxy) is 1. The number of aryl methyl sites for hydroxylation is 1. The molecule has 2 rings (SSSR count). The number of rotatable bonds is 5. The van der Waals surface area contributed by atoms with Gasteiger partial charge in [-0.25, -0.2) is 9.37 Å². The Morgan fingerprint density at radius 3 is 2.76 bits per heavy atom. The molecular formula is C14H14FN3O3. The van der Waals surface area contributed by atoms with E-state index in [9.17, 15) is 14.5 Å². The van der Waals surface area contributed by atoms with Crippen molar-refractivity contribution in [3.05, 3.63) is 57.5 Å². The van der Waals surface area contributed by atoms with E-state index in [-0.39, 0.29) is 18.0 Å². The Morgan fingerprint density at radius 2 is 2.19 bits per heavy atom. The molecular weight excluding hydrogens is 277 g/mol. The van der Waals surface area contributed by atoms with Crippen molar-refractivity contribution in [1.82, 2.24) is 4.98 Å². The molecule has 1 heterocycles. The van der Waals surface area contributed by atoms with Crippen molar-refractivity contribution in [3.63, 3.8) is 0 Å². The van der Waals surface area contributed by atoms with E-state index in [0.717, 1.165) is 17.4 Å². The van der Waals surface area contributed by atoms with Crippen molar-refractivity contribution in [3.8, 4) is 5.75 Å². The summed E-state index contributed by atoms with van der Waals surface area (Å²) in [6, 6.07) is 5.76. The second-order valence-corrected chi connectivity index (χ2v) is 4.42. The molecule has 21 heavy (non-hydrogen) atoms. The molecule has 0 saturated carbocycles. The Balaban J connectivity index is 2.12. The van der Waals surface area contributed by atoms with E-state index in [0.29, 0.717) is 5.56 Å². The number of benzene rings is 1. The zero-order chi connectivity index (χ0) is 15.4. The molecule has 0 spiro atoms. The van der Waals surface area contributed by atoms with Gasteiger partial charge < -0.3 is 10.1 Å². The first-order valence-corrected chi connectivity index (χ1v) is 6.21. The van der Waals surface area contributed by atoms with E-state index in [2.05, 4.69) is 10.3 Å². The van der Waals surface area contributed by atoms with Gasteiger partial charge in [-0.05, 0) is 19.1 Å². The minimum atomic E-state index is -0.757. The first-order chi connectivity index (χ1) is 10.0. The van der Waals surface area contributed by atoms with Gasteiger partial charge in [0.2, 0.25) is 0 Å². The van der Waals surface area contributed by atoms with Gasteiger partial charge in [-0.15, -0.1) is 0 Å². The molecule has 0 amide bonds. The Bertz CT molecular complexity index is 659. The molecule has 0 aliphatic heterocycles. The van der Waals surface area contributed by atoms with Gasteiger partial charge in [-0.1, -0.05) is 6.07 Å². The van der Waals surface area contributed by atoms with E-state index < -0.39 is 10.7 Å². The van der Waals surface area contributed by atoms with Gasteiger partial charge in [-0.3, -0.25) is 10.1 Å². The molecule has 1 N–H and O–H groups in total. The fourth-order valence-corrected chi connectivity index (χ4v) is 1.77. The molecule has 0 aliphatic carbocycles. The van der Waals surface area contributed by atoms with Crippen molar-refractivity contribution in [2.75, 3.05) is 12.4 Å². The van der Waals surface area contributed by atoms with Crippen LogP contribution in [0.3, 0.4) is 0 Å². The Kier molecular flexibility index (Phi) is 4.32. The predicted molar refractivity (Wildman–Crippen MR) is 75.9 cm³/mol. The van der Waals surface area contributed by atoms with E-state index in [4.69, 9.17) is 4.74 Å². The number of hydrogen-bond acceptors (Lipinski definition) is 5. The Labute approximate surface area is 120 Å². The van der Waals surface area contributed by atoms with Crippen molar-refractivity contribution in [2.24, 2.45) is 0 Å². The summed E-state index contributed by atoms with van der Waals surface area (Å²) in [5.74, 6) is -0.0565. The molecule has 0 fully saturated rings. The van der Waals surface area contributed by atoms with Crippen LogP contribution in [-0.2, 0) is 6.61 Å². The number of pyridine rings is 1. The van der Waals surface area contributed by atoms with Crippen LogP contribution in [0.5, 0.6) is 5.75 Å². The Hall–Kier alpha value is -2.70. The third kappa shape index (κ3) is 3.44. The monoisotopic (exact) mass is 291 g/mol. The number of aromatic nitrogens is 1. The van der Waals surface area contributed by atoms with Crippen LogP contribution in [0.15, 0.2) is 30.5 Å². The van der Waals surface area contributed by atoms with Gasteiger partial charge in [0.15, 0.2) is 11.6 Å². The normalized spacial score (nSPS) is 10.2. The highest BCUT2D eigenvalue weighted by atomic mass is 19.1. The number of anilines is 1. The van der Waals surface area contributed by atoms with Crippen molar-refractivity contribution < 1.29 is 14.1 Å². The second-order valence-electron chi connectivity index (χ2n) is 4.42. The van der Waals surface area contributed by atoms with E-state index in [1.54, 1.807) is 25.4 Å². The maximum Gasteiger partial charge on any atom is 0.275 e. The summed E-state index contributed by atoms with van der Waals surface area (Å²) in [6.45, 7) is 1.67. The highest BCUT2D eigenvalue weighted by molar-refractivity contribution is 5.45. The number of halogens is 1.